The van der Waals surface area contributed by atoms with Gasteiger partial charge in [-0.25, -0.2) is 9.36 Å². The smallest absolute Gasteiger partial charge is 0.382 e. The van der Waals surface area contributed by atoms with Gasteiger partial charge in [-0.1, -0.05) is 30.3 Å². The van der Waals surface area contributed by atoms with Gasteiger partial charge in [-0.05, 0) is 18.4 Å². The molecule has 30 heavy (non-hydrogen) atoms. The van der Waals surface area contributed by atoms with Crippen LogP contribution in [0.25, 0.3) is 0 Å². The molecule has 0 saturated carbocycles. The van der Waals surface area contributed by atoms with Gasteiger partial charge in [-0.3, -0.25) is 27.9 Å². The number of hydrogen-bond donors (Lipinski definition) is 1. The van der Waals surface area contributed by atoms with E-state index in [-0.39, 0.29) is 26.4 Å². The third-order valence-electron chi connectivity index (χ3n) is 4.43. The van der Waals surface area contributed by atoms with Crippen molar-refractivity contribution in [3.8, 4) is 0 Å². The normalized spacial score (nSPS) is 20.8. The van der Waals surface area contributed by atoms with Gasteiger partial charge in [0.1, 0.15) is 6.23 Å². The molecule has 1 aliphatic heterocycles. The fourth-order valence-corrected chi connectivity index (χ4v) is 4.09. The second kappa shape index (κ2) is 10.8. The Labute approximate surface area is 173 Å². The van der Waals surface area contributed by atoms with Crippen LogP contribution in [-0.4, -0.2) is 42.6 Å². The number of ether oxygens (including phenoxy) is 2. The third kappa shape index (κ3) is 6.46. The zero-order valence-corrected chi connectivity index (χ0v) is 17.5. The van der Waals surface area contributed by atoms with Crippen LogP contribution in [0, 0.1) is 0 Å². The lowest BCUT2D eigenvalue weighted by Gasteiger charge is -2.20. The predicted octanol–water partition coefficient (Wildman–Crippen LogP) is 2.22. The minimum Gasteiger partial charge on any atom is -0.382 e. The van der Waals surface area contributed by atoms with Gasteiger partial charge >= 0.3 is 13.5 Å². The summed E-state index contributed by atoms with van der Waals surface area (Å²) < 4.78 is 41.3. The first-order chi connectivity index (χ1) is 14.5. The molecule has 1 N–H and O–H groups in total. The summed E-state index contributed by atoms with van der Waals surface area (Å²) in [6, 6.07) is 10.5. The predicted molar refractivity (Wildman–Crippen MR) is 107 cm³/mol. The zero-order chi connectivity index (χ0) is 21.4. The van der Waals surface area contributed by atoms with E-state index in [2.05, 4.69) is 4.98 Å². The Hall–Kier alpha value is -2.07. The first kappa shape index (κ1) is 22.6. The first-order valence-corrected chi connectivity index (χ1v) is 11.0. The second-order valence-electron chi connectivity index (χ2n) is 6.64. The third-order valence-corrected chi connectivity index (χ3v) is 5.84. The van der Waals surface area contributed by atoms with Crippen LogP contribution >= 0.6 is 7.82 Å². The average Bonchev–Trinajstić information content (AvgIpc) is 3.21. The summed E-state index contributed by atoms with van der Waals surface area (Å²) in [5, 5.41) is 0. The number of phosphoric acid groups is 1. The molecule has 3 rings (SSSR count). The average molecular weight is 440 g/mol. The Balaban J connectivity index is 1.57. The van der Waals surface area contributed by atoms with Crippen molar-refractivity contribution in [3.05, 3.63) is 69.0 Å². The van der Waals surface area contributed by atoms with Crippen molar-refractivity contribution in [1.82, 2.24) is 9.55 Å². The summed E-state index contributed by atoms with van der Waals surface area (Å²) in [4.78, 5) is 25.3. The topological polar surface area (TPSA) is 118 Å². The molecule has 1 aromatic heterocycles. The van der Waals surface area contributed by atoms with Gasteiger partial charge in [0.15, 0.2) is 0 Å². The van der Waals surface area contributed by atoms with E-state index in [0.717, 1.165) is 5.56 Å². The van der Waals surface area contributed by atoms with Crippen LogP contribution in [0.4, 0.5) is 0 Å². The molecule has 11 heteroatoms. The zero-order valence-electron chi connectivity index (χ0n) is 16.6. The van der Waals surface area contributed by atoms with Crippen LogP contribution in [-0.2, 0) is 34.2 Å². The molecular formula is C19H25N2O8P. The number of rotatable bonds is 11. The largest absolute Gasteiger partial charge is 0.475 e. The van der Waals surface area contributed by atoms with Gasteiger partial charge < -0.3 is 9.47 Å². The van der Waals surface area contributed by atoms with Crippen molar-refractivity contribution in [2.75, 3.05) is 26.9 Å². The maximum Gasteiger partial charge on any atom is 0.475 e. The molecule has 1 fully saturated rings. The van der Waals surface area contributed by atoms with Gasteiger partial charge in [-0.2, -0.15) is 0 Å². The number of nitrogens with one attached hydrogen (secondary N) is 1. The Morgan fingerprint density at radius 1 is 1.10 bits per heavy atom. The fourth-order valence-electron chi connectivity index (χ4n) is 2.91. The van der Waals surface area contributed by atoms with Gasteiger partial charge in [0.25, 0.3) is 5.56 Å². The molecule has 164 valence electrons. The van der Waals surface area contributed by atoms with E-state index >= 15 is 0 Å². The lowest BCUT2D eigenvalue weighted by molar-refractivity contribution is -0.0292. The summed E-state index contributed by atoms with van der Waals surface area (Å²) in [6.45, 7) is 0.308. The molecule has 0 aliphatic carbocycles. The van der Waals surface area contributed by atoms with Crippen molar-refractivity contribution in [1.29, 1.82) is 0 Å². The monoisotopic (exact) mass is 440 g/mol. The minimum atomic E-state index is -3.85. The number of aromatic nitrogens is 2. The van der Waals surface area contributed by atoms with Crippen LogP contribution in [0.3, 0.4) is 0 Å². The SMILES string of the molecule is COCCOP(=O)(OCc1ccccc1)OCC1CCC(n2ccc(=O)[nH]c2=O)O1. The molecule has 1 saturated heterocycles. The molecule has 3 unspecified atom stereocenters. The lowest BCUT2D eigenvalue weighted by atomic mass is 10.2. The van der Waals surface area contributed by atoms with Crippen LogP contribution in [0.5, 0.6) is 0 Å². The molecule has 0 spiro atoms. The number of benzene rings is 1. The van der Waals surface area contributed by atoms with Gasteiger partial charge in [0.05, 0.1) is 32.5 Å². The highest BCUT2D eigenvalue weighted by Gasteiger charge is 2.32. The van der Waals surface area contributed by atoms with E-state index < -0.39 is 31.4 Å². The van der Waals surface area contributed by atoms with Crippen molar-refractivity contribution in [2.24, 2.45) is 0 Å². The quantitative estimate of drug-likeness (QED) is 0.417. The summed E-state index contributed by atoms with van der Waals surface area (Å²) in [5.41, 5.74) is -0.195. The van der Waals surface area contributed by atoms with Crippen LogP contribution in [0.1, 0.15) is 24.6 Å². The van der Waals surface area contributed by atoms with E-state index in [0.29, 0.717) is 12.8 Å². The maximum absolute atomic E-state index is 13.0. The van der Waals surface area contributed by atoms with E-state index in [4.69, 9.17) is 23.0 Å². The molecule has 0 bridgehead atoms. The highest BCUT2D eigenvalue weighted by molar-refractivity contribution is 7.48. The highest BCUT2D eigenvalue weighted by atomic mass is 31.2. The number of hydrogen-bond acceptors (Lipinski definition) is 8. The number of H-pyrrole nitrogens is 1. The van der Waals surface area contributed by atoms with Crippen LogP contribution in [0.15, 0.2) is 52.2 Å². The van der Waals surface area contributed by atoms with Gasteiger partial charge in [-0.15, -0.1) is 0 Å². The standard InChI is InChI=1S/C19H25N2O8P/c1-25-11-12-26-30(24,27-13-15-5-3-2-4-6-15)28-14-16-7-8-18(29-16)21-10-9-17(22)20-19(21)23/h2-6,9-10,16,18H,7-8,11-14H2,1H3,(H,20,22,23). The highest BCUT2D eigenvalue weighted by Crippen LogP contribution is 2.50. The summed E-state index contributed by atoms with van der Waals surface area (Å²) >= 11 is 0. The summed E-state index contributed by atoms with van der Waals surface area (Å²) in [5.74, 6) is 0. The molecule has 1 aromatic carbocycles. The minimum absolute atomic E-state index is 0.0341. The molecule has 10 nitrogen and oxygen atoms in total. The van der Waals surface area contributed by atoms with Crippen molar-refractivity contribution in [2.45, 2.75) is 31.8 Å². The molecule has 0 radical (unpaired) electrons. The van der Waals surface area contributed by atoms with E-state index in [1.165, 1.54) is 23.9 Å². The van der Waals surface area contributed by atoms with Gasteiger partial charge in [0, 0.05) is 19.4 Å². The van der Waals surface area contributed by atoms with Crippen molar-refractivity contribution in [3.63, 3.8) is 0 Å². The summed E-state index contributed by atoms with van der Waals surface area (Å²) in [7, 11) is -2.35. The lowest BCUT2D eigenvalue weighted by Crippen LogP contribution is -2.31. The molecule has 3 atom stereocenters. The first-order valence-electron chi connectivity index (χ1n) is 9.52. The van der Waals surface area contributed by atoms with E-state index in [1.807, 2.05) is 30.3 Å². The van der Waals surface area contributed by atoms with Gasteiger partial charge in [0.2, 0.25) is 0 Å². The molecule has 1 aliphatic rings. The Morgan fingerprint density at radius 3 is 2.63 bits per heavy atom. The second-order valence-corrected chi connectivity index (χ2v) is 8.30. The molecule has 2 heterocycles. The Kier molecular flexibility index (Phi) is 8.15. The van der Waals surface area contributed by atoms with E-state index in [9.17, 15) is 14.2 Å². The molecular weight excluding hydrogens is 415 g/mol. The Bertz CT molecular complexity index is 961. The van der Waals surface area contributed by atoms with E-state index in [1.54, 1.807) is 0 Å². The maximum atomic E-state index is 13.0. The molecule has 2 aromatic rings. The number of aromatic amines is 1. The fraction of sp³-hybridized carbons (Fsp3) is 0.474. The molecule has 0 amide bonds. The number of phosphoric ester groups is 1. The summed E-state index contributed by atoms with van der Waals surface area (Å²) in [6.07, 6.45) is 1.55. The van der Waals surface area contributed by atoms with Crippen molar-refractivity contribution < 1.29 is 27.6 Å². The Morgan fingerprint density at radius 2 is 1.90 bits per heavy atom. The van der Waals surface area contributed by atoms with Crippen LogP contribution in [0.2, 0.25) is 0 Å². The number of methoxy groups -OCH3 is 1. The number of nitrogens with zero attached hydrogens (tertiary/aromatic N) is 1. The van der Waals surface area contributed by atoms with Crippen LogP contribution < -0.4 is 11.2 Å². The van der Waals surface area contributed by atoms with Crippen molar-refractivity contribution >= 4 is 7.82 Å².